The van der Waals surface area contributed by atoms with Crippen molar-refractivity contribution >= 4 is 17.6 Å². The Kier molecular flexibility index (Phi) is 5.88. The van der Waals surface area contributed by atoms with Crippen molar-refractivity contribution < 1.29 is 19.1 Å². The van der Waals surface area contributed by atoms with Gasteiger partial charge in [-0.2, -0.15) is 0 Å². The summed E-state index contributed by atoms with van der Waals surface area (Å²) in [5.41, 5.74) is 2.47. The van der Waals surface area contributed by atoms with Crippen molar-refractivity contribution in [2.45, 2.75) is 13.5 Å². The Morgan fingerprint density at radius 3 is 2.43 bits per heavy atom. The minimum atomic E-state index is -0.410. The lowest BCUT2D eigenvalue weighted by Crippen LogP contribution is -2.13. The molecule has 0 spiro atoms. The highest BCUT2D eigenvalue weighted by molar-refractivity contribution is 6.04. The second kappa shape index (κ2) is 8.10. The Labute approximate surface area is 135 Å². The van der Waals surface area contributed by atoms with Crippen LogP contribution in [0.1, 0.15) is 33.2 Å². The number of nitrogens with one attached hydrogen (secondary N) is 1. The minimum absolute atomic E-state index is 0.241. The molecule has 120 valence electrons. The first kappa shape index (κ1) is 16.7. The fraction of sp³-hybridized carbons (Fsp3) is 0.222. The lowest BCUT2D eigenvalue weighted by Gasteiger charge is -2.08. The van der Waals surface area contributed by atoms with Gasteiger partial charge in [0, 0.05) is 18.4 Å². The Hall–Kier alpha value is -2.66. The SMILES string of the molecule is CCOC(=O)c1cccc(NC(=O)c2ccc(COC)cc2)c1. The van der Waals surface area contributed by atoms with Crippen molar-refractivity contribution in [3.63, 3.8) is 0 Å². The molecule has 23 heavy (non-hydrogen) atoms. The maximum Gasteiger partial charge on any atom is 0.338 e. The molecule has 1 N–H and O–H groups in total. The van der Waals surface area contributed by atoms with Gasteiger partial charge in [-0.3, -0.25) is 4.79 Å². The molecule has 0 radical (unpaired) electrons. The van der Waals surface area contributed by atoms with Gasteiger partial charge in [0.05, 0.1) is 18.8 Å². The summed E-state index contributed by atoms with van der Waals surface area (Å²) in [5.74, 6) is -0.650. The third-order valence-electron chi connectivity index (χ3n) is 3.16. The number of ether oxygens (including phenoxy) is 2. The van der Waals surface area contributed by atoms with Crippen LogP contribution in [0, 0.1) is 0 Å². The highest BCUT2D eigenvalue weighted by Gasteiger charge is 2.10. The van der Waals surface area contributed by atoms with Gasteiger partial charge in [0.25, 0.3) is 5.91 Å². The zero-order valence-corrected chi connectivity index (χ0v) is 13.2. The summed E-state index contributed by atoms with van der Waals surface area (Å²) in [6.07, 6.45) is 0. The molecule has 2 rings (SSSR count). The average molecular weight is 313 g/mol. The molecule has 0 aromatic heterocycles. The number of esters is 1. The van der Waals surface area contributed by atoms with E-state index in [0.717, 1.165) is 5.56 Å². The van der Waals surface area contributed by atoms with Gasteiger partial charge in [0.2, 0.25) is 0 Å². The molecule has 0 aliphatic heterocycles. The largest absolute Gasteiger partial charge is 0.462 e. The van der Waals surface area contributed by atoms with Gasteiger partial charge in [-0.05, 0) is 42.8 Å². The number of hydrogen-bond donors (Lipinski definition) is 1. The van der Waals surface area contributed by atoms with E-state index in [9.17, 15) is 9.59 Å². The molecule has 0 atom stereocenters. The number of methoxy groups -OCH3 is 1. The smallest absolute Gasteiger partial charge is 0.338 e. The maximum atomic E-state index is 12.2. The van der Waals surface area contributed by atoms with Gasteiger partial charge in [-0.25, -0.2) is 4.79 Å². The van der Waals surface area contributed by atoms with Crippen LogP contribution in [-0.4, -0.2) is 25.6 Å². The molecule has 0 saturated heterocycles. The first-order chi connectivity index (χ1) is 11.1. The van der Waals surface area contributed by atoms with E-state index in [-0.39, 0.29) is 5.91 Å². The zero-order chi connectivity index (χ0) is 16.7. The van der Waals surface area contributed by atoms with Gasteiger partial charge in [0.15, 0.2) is 0 Å². The third kappa shape index (κ3) is 4.66. The number of benzene rings is 2. The topological polar surface area (TPSA) is 64.6 Å². The summed E-state index contributed by atoms with van der Waals surface area (Å²) in [5, 5.41) is 2.77. The van der Waals surface area contributed by atoms with E-state index < -0.39 is 5.97 Å². The predicted octanol–water partition coefficient (Wildman–Crippen LogP) is 3.26. The highest BCUT2D eigenvalue weighted by Crippen LogP contribution is 2.14. The molecule has 0 bridgehead atoms. The Morgan fingerprint density at radius 2 is 1.78 bits per heavy atom. The molecule has 0 aliphatic rings. The van der Waals surface area contributed by atoms with Crippen LogP contribution in [0.4, 0.5) is 5.69 Å². The van der Waals surface area contributed by atoms with Crippen LogP contribution in [0.15, 0.2) is 48.5 Å². The fourth-order valence-electron chi connectivity index (χ4n) is 2.06. The molecular formula is C18H19NO4. The first-order valence-electron chi connectivity index (χ1n) is 7.30. The molecule has 0 heterocycles. The predicted molar refractivity (Wildman–Crippen MR) is 87.5 cm³/mol. The van der Waals surface area contributed by atoms with Gasteiger partial charge in [-0.1, -0.05) is 18.2 Å². The lowest BCUT2D eigenvalue weighted by atomic mass is 10.1. The van der Waals surface area contributed by atoms with Crippen LogP contribution in [0.25, 0.3) is 0 Å². The number of hydrogen-bond acceptors (Lipinski definition) is 4. The summed E-state index contributed by atoms with van der Waals surface area (Å²) in [6.45, 7) is 2.56. The molecule has 1 amide bonds. The van der Waals surface area contributed by atoms with Crippen molar-refractivity contribution in [1.82, 2.24) is 0 Å². The molecule has 2 aromatic carbocycles. The van der Waals surface area contributed by atoms with E-state index in [1.165, 1.54) is 0 Å². The summed E-state index contributed by atoms with van der Waals surface area (Å²) < 4.78 is 9.98. The van der Waals surface area contributed by atoms with Crippen LogP contribution in [0.2, 0.25) is 0 Å². The van der Waals surface area contributed by atoms with Crippen LogP contribution in [-0.2, 0) is 16.1 Å². The molecule has 2 aromatic rings. The number of rotatable bonds is 6. The normalized spacial score (nSPS) is 10.2. The van der Waals surface area contributed by atoms with Crippen LogP contribution < -0.4 is 5.32 Å². The van der Waals surface area contributed by atoms with Gasteiger partial charge in [0.1, 0.15) is 0 Å². The summed E-state index contributed by atoms with van der Waals surface area (Å²) >= 11 is 0. The van der Waals surface area contributed by atoms with Crippen LogP contribution >= 0.6 is 0 Å². The van der Waals surface area contributed by atoms with Gasteiger partial charge >= 0.3 is 5.97 Å². The Bertz CT molecular complexity index is 680. The van der Waals surface area contributed by atoms with Crippen LogP contribution in [0.3, 0.4) is 0 Å². The molecule has 0 unspecified atom stereocenters. The quantitative estimate of drug-likeness (QED) is 0.831. The minimum Gasteiger partial charge on any atom is -0.462 e. The van der Waals surface area contributed by atoms with E-state index in [2.05, 4.69) is 5.32 Å². The second-order valence-electron chi connectivity index (χ2n) is 4.89. The lowest BCUT2D eigenvalue weighted by molar-refractivity contribution is 0.0526. The number of carbonyl (C=O) groups excluding carboxylic acids is 2. The summed E-state index contributed by atoms with van der Waals surface area (Å²) in [6, 6.07) is 13.8. The molecule has 5 nitrogen and oxygen atoms in total. The summed E-state index contributed by atoms with van der Waals surface area (Å²) in [4.78, 5) is 23.9. The standard InChI is InChI=1S/C18H19NO4/c1-3-23-18(21)15-5-4-6-16(11-15)19-17(20)14-9-7-13(8-10-14)12-22-2/h4-11H,3,12H2,1-2H3,(H,19,20). The van der Waals surface area contributed by atoms with E-state index in [4.69, 9.17) is 9.47 Å². The average Bonchev–Trinajstić information content (AvgIpc) is 2.56. The van der Waals surface area contributed by atoms with Crippen molar-refractivity contribution in [2.24, 2.45) is 0 Å². The fourth-order valence-corrected chi connectivity index (χ4v) is 2.06. The van der Waals surface area contributed by atoms with Crippen molar-refractivity contribution in [3.8, 4) is 0 Å². The molecular weight excluding hydrogens is 294 g/mol. The first-order valence-corrected chi connectivity index (χ1v) is 7.30. The van der Waals surface area contributed by atoms with Gasteiger partial charge < -0.3 is 14.8 Å². The number of anilines is 1. The van der Waals surface area contributed by atoms with Crippen LogP contribution in [0.5, 0.6) is 0 Å². The van der Waals surface area contributed by atoms with E-state index in [0.29, 0.717) is 30.0 Å². The van der Waals surface area contributed by atoms with E-state index >= 15 is 0 Å². The highest BCUT2D eigenvalue weighted by atomic mass is 16.5. The number of amides is 1. The Morgan fingerprint density at radius 1 is 1.04 bits per heavy atom. The summed E-state index contributed by atoms with van der Waals surface area (Å²) in [7, 11) is 1.62. The zero-order valence-electron chi connectivity index (χ0n) is 13.2. The monoisotopic (exact) mass is 313 g/mol. The number of carbonyl (C=O) groups is 2. The van der Waals surface area contributed by atoms with E-state index in [1.807, 2.05) is 12.1 Å². The second-order valence-corrected chi connectivity index (χ2v) is 4.89. The van der Waals surface area contributed by atoms with Gasteiger partial charge in [-0.15, -0.1) is 0 Å². The molecule has 5 heteroatoms. The third-order valence-corrected chi connectivity index (χ3v) is 3.16. The van der Waals surface area contributed by atoms with Crippen molar-refractivity contribution in [1.29, 1.82) is 0 Å². The molecule has 0 fully saturated rings. The van der Waals surface area contributed by atoms with Crippen molar-refractivity contribution in [3.05, 3.63) is 65.2 Å². The molecule has 0 saturated carbocycles. The Balaban J connectivity index is 2.07. The van der Waals surface area contributed by atoms with Crippen molar-refractivity contribution in [2.75, 3.05) is 19.0 Å². The van der Waals surface area contributed by atoms with E-state index in [1.54, 1.807) is 50.4 Å². The maximum absolute atomic E-state index is 12.2. The molecule has 0 aliphatic carbocycles.